The Labute approximate surface area is 149 Å². The second-order valence-electron chi connectivity index (χ2n) is 6.68. The molecule has 130 valence electrons. The highest BCUT2D eigenvalue weighted by molar-refractivity contribution is 6.21. The quantitative estimate of drug-likeness (QED) is 0.700. The van der Waals surface area contributed by atoms with Gasteiger partial charge in [0, 0.05) is 23.0 Å². The lowest BCUT2D eigenvalue weighted by atomic mass is 9.93. The Morgan fingerprint density at radius 3 is 2.54 bits per heavy atom. The van der Waals surface area contributed by atoms with Crippen LogP contribution in [0.15, 0.2) is 54.6 Å². The molecule has 3 aromatic rings. The van der Waals surface area contributed by atoms with Crippen LogP contribution in [0.25, 0.3) is 10.9 Å². The Morgan fingerprint density at radius 2 is 1.77 bits per heavy atom. The SMILES string of the molecule is O=C1C2Cc3c([nH]c4ccccc34)C(CO)N2C(=O)N1c1ccccc1. The van der Waals surface area contributed by atoms with E-state index >= 15 is 0 Å². The maximum absolute atomic E-state index is 13.1. The topological polar surface area (TPSA) is 76.6 Å². The molecule has 2 atom stereocenters. The summed E-state index contributed by atoms with van der Waals surface area (Å²) in [6.07, 6.45) is 0.448. The second-order valence-corrected chi connectivity index (χ2v) is 6.68. The minimum absolute atomic E-state index is 0.238. The van der Waals surface area contributed by atoms with E-state index in [1.54, 1.807) is 24.3 Å². The summed E-state index contributed by atoms with van der Waals surface area (Å²) in [5, 5.41) is 11.1. The monoisotopic (exact) mass is 347 g/mol. The van der Waals surface area contributed by atoms with Crippen LogP contribution in [0.1, 0.15) is 17.3 Å². The van der Waals surface area contributed by atoms with Crippen molar-refractivity contribution in [2.75, 3.05) is 11.5 Å². The van der Waals surface area contributed by atoms with Gasteiger partial charge in [0.15, 0.2) is 0 Å². The molecule has 2 aliphatic heterocycles. The number of urea groups is 1. The highest BCUT2D eigenvalue weighted by Crippen LogP contribution is 2.41. The lowest BCUT2D eigenvalue weighted by Gasteiger charge is -2.34. The van der Waals surface area contributed by atoms with Crippen LogP contribution in [0.2, 0.25) is 0 Å². The average Bonchev–Trinajstić information content (AvgIpc) is 3.16. The van der Waals surface area contributed by atoms with Crippen molar-refractivity contribution in [2.24, 2.45) is 0 Å². The first-order valence-corrected chi connectivity index (χ1v) is 8.62. The zero-order valence-electron chi connectivity index (χ0n) is 13.9. The lowest BCUT2D eigenvalue weighted by molar-refractivity contribution is -0.120. The summed E-state index contributed by atoms with van der Waals surface area (Å²) in [5.74, 6) is -0.240. The fourth-order valence-electron chi connectivity index (χ4n) is 4.20. The van der Waals surface area contributed by atoms with Crippen LogP contribution in [0.4, 0.5) is 10.5 Å². The van der Waals surface area contributed by atoms with Gasteiger partial charge in [-0.3, -0.25) is 4.79 Å². The molecule has 0 aliphatic carbocycles. The Morgan fingerprint density at radius 1 is 1.04 bits per heavy atom. The summed E-state index contributed by atoms with van der Waals surface area (Å²) in [4.78, 5) is 32.2. The van der Waals surface area contributed by atoms with Crippen LogP contribution in [0.5, 0.6) is 0 Å². The molecule has 3 heterocycles. The van der Waals surface area contributed by atoms with E-state index in [1.165, 1.54) is 9.80 Å². The number of H-pyrrole nitrogens is 1. The number of carbonyl (C=O) groups excluding carboxylic acids is 2. The fourth-order valence-corrected chi connectivity index (χ4v) is 4.20. The van der Waals surface area contributed by atoms with E-state index in [0.717, 1.165) is 22.2 Å². The normalized spacial score (nSPS) is 22.0. The molecule has 2 unspecified atom stereocenters. The first-order chi connectivity index (χ1) is 12.7. The molecule has 6 nitrogen and oxygen atoms in total. The van der Waals surface area contributed by atoms with E-state index in [9.17, 15) is 14.7 Å². The molecule has 2 N–H and O–H groups in total. The number of hydrogen-bond acceptors (Lipinski definition) is 3. The Balaban J connectivity index is 1.64. The van der Waals surface area contributed by atoms with E-state index in [0.29, 0.717) is 12.1 Å². The number of aliphatic hydroxyl groups is 1. The predicted octanol–water partition coefficient (Wildman–Crippen LogP) is 2.59. The predicted molar refractivity (Wildman–Crippen MR) is 96.8 cm³/mol. The number of para-hydroxylation sites is 2. The number of fused-ring (bicyclic) bond motifs is 4. The first-order valence-electron chi connectivity index (χ1n) is 8.62. The number of aliphatic hydroxyl groups excluding tert-OH is 1. The Hall–Kier alpha value is -3.12. The number of nitrogens with one attached hydrogen (secondary N) is 1. The number of imide groups is 1. The van der Waals surface area contributed by atoms with Crippen LogP contribution in [0.3, 0.4) is 0 Å². The summed E-state index contributed by atoms with van der Waals surface area (Å²) < 4.78 is 0. The van der Waals surface area contributed by atoms with E-state index in [4.69, 9.17) is 0 Å². The Bertz CT molecular complexity index is 1030. The molecule has 5 rings (SSSR count). The zero-order valence-corrected chi connectivity index (χ0v) is 13.9. The van der Waals surface area contributed by atoms with Crippen molar-refractivity contribution >= 4 is 28.5 Å². The van der Waals surface area contributed by atoms with Crippen molar-refractivity contribution in [3.8, 4) is 0 Å². The van der Waals surface area contributed by atoms with Gasteiger partial charge in [-0.15, -0.1) is 0 Å². The minimum Gasteiger partial charge on any atom is -0.394 e. The van der Waals surface area contributed by atoms with Gasteiger partial charge < -0.3 is 15.0 Å². The van der Waals surface area contributed by atoms with Gasteiger partial charge in [-0.25, -0.2) is 9.69 Å². The molecule has 2 aromatic carbocycles. The molecule has 1 aromatic heterocycles. The van der Waals surface area contributed by atoms with E-state index < -0.39 is 12.1 Å². The summed E-state index contributed by atoms with van der Waals surface area (Å²) in [6, 6.07) is 15.3. The number of amides is 3. The van der Waals surface area contributed by atoms with Gasteiger partial charge in [0.1, 0.15) is 6.04 Å². The maximum atomic E-state index is 13.1. The average molecular weight is 347 g/mol. The van der Waals surface area contributed by atoms with E-state index in [2.05, 4.69) is 4.98 Å². The van der Waals surface area contributed by atoms with Crippen LogP contribution in [0, 0.1) is 0 Å². The fraction of sp³-hybridized carbons (Fsp3) is 0.200. The van der Waals surface area contributed by atoms with Gasteiger partial charge in [-0.1, -0.05) is 36.4 Å². The van der Waals surface area contributed by atoms with Crippen LogP contribution >= 0.6 is 0 Å². The summed E-state index contributed by atoms with van der Waals surface area (Å²) in [6.45, 7) is -0.238. The van der Waals surface area contributed by atoms with Crippen molar-refractivity contribution in [2.45, 2.75) is 18.5 Å². The maximum Gasteiger partial charge on any atom is 0.332 e. The standard InChI is InChI=1S/C20H17N3O3/c24-11-17-18-14(13-8-4-5-9-15(13)21-18)10-16-19(25)22(20(26)23(16)17)12-6-2-1-3-7-12/h1-9,16-17,21,24H,10-11H2. The summed E-state index contributed by atoms with van der Waals surface area (Å²) in [7, 11) is 0. The van der Waals surface area contributed by atoms with Crippen LogP contribution < -0.4 is 4.90 Å². The van der Waals surface area contributed by atoms with Crippen LogP contribution in [-0.4, -0.2) is 39.6 Å². The summed E-state index contributed by atoms with van der Waals surface area (Å²) in [5.41, 5.74) is 3.34. The second kappa shape index (κ2) is 5.44. The highest BCUT2D eigenvalue weighted by atomic mass is 16.3. The lowest BCUT2D eigenvalue weighted by Crippen LogP contribution is -2.45. The highest BCUT2D eigenvalue weighted by Gasteiger charge is 2.52. The van der Waals surface area contributed by atoms with Gasteiger partial charge in [-0.2, -0.15) is 0 Å². The molecule has 26 heavy (non-hydrogen) atoms. The van der Waals surface area contributed by atoms with Crippen LogP contribution in [-0.2, 0) is 11.2 Å². The Kier molecular flexibility index (Phi) is 3.17. The number of aromatic amines is 1. The molecule has 3 amide bonds. The third-order valence-corrected chi connectivity index (χ3v) is 5.35. The smallest absolute Gasteiger partial charge is 0.332 e. The third-order valence-electron chi connectivity index (χ3n) is 5.35. The van der Waals surface area contributed by atoms with E-state index in [-0.39, 0.29) is 18.5 Å². The van der Waals surface area contributed by atoms with E-state index in [1.807, 2.05) is 30.3 Å². The van der Waals surface area contributed by atoms with Crippen molar-refractivity contribution in [3.05, 3.63) is 65.9 Å². The molecule has 2 aliphatic rings. The molecular formula is C20H17N3O3. The number of anilines is 1. The van der Waals surface area contributed by atoms with Gasteiger partial charge in [0.05, 0.1) is 18.3 Å². The first kappa shape index (κ1) is 15.2. The molecule has 0 saturated carbocycles. The molecule has 0 bridgehead atoms. The number of carbonyl (C=O) groups is 2. The molecule has 1 saturated heterocycles. The molecular weight excluding hydrogens is 330 g/mol. The zero-order chi connectivity index (χ0) is 17.8. The molecule has 0 spiro atoms. The van der Waals surface area contributed by atoms with Gasteiger partial charge in [0.25, 0.3) is 5.91 Å². The van der Waals surface area contributed by atoms with Crippen molar-refractivity contribution in [1.82, 2.24) is 9.88 Å². The molecule has 0 radical (unpaired) electrons. The van der Waals surface area contributed by atoms with Gasteiger partial charge >= 0.3 is 6.03 Å². The number of nitrogens with zero attached hydrogens (tertiary/aromatic N) is 2. The van der Waals surface area contributed by atoms with Gasteiger partial charge in [0.2, 0.25) is 0 Å². The minimum atomic E-state index is -0.591. The largest absolute Gasteiger partial charge is 0.394 e. The molecule has 1 fully saturated rings. The van der Waals surface area contributed by atoms with Crippen molar-refractivity contribution < 1.29 is 14.7 Å². The third kappa shape index (κ3) is 1.90. The number of benzene rings is 2. The van der Waals surface area contributed by atoms with Gasteiger partial charge in [-0.05, 0) is 23.8 Å². The molecule has 6 heteroatoms. The number of aromatic nitrogens is 1. The number of rotatable bonds is 2. The summed E-state index contributed by atoms with van der Waals surface area (Å²) >= 11 is 0. The van der Waals surface area contributed by atoms with Crippen molar-refractivity contribution in [3.63, 3.8) is 0 Å². The van der Waals surface area contributed by atoms with Crippen molar-refractivity contribution in [1.29, 1.82) is 0 Å². The number of hydrogen-bond donors (Lipinski definition) is 2.